The monoisotopic (exact) mass is 272 g/mol. The molecule has 1 rings (SSSR count). The smallest absolute Gasteiger partial charge is 0.257 e. The van der Waals surface area contributed by atoms with Crippen molar-refractivity contribution < 1.29 is 4.79 Å². The molecule has 0 saturated heterocycles. The van der Waals surface area contributed by atoms with Crippen molar-refractivity contribution in [1.82, 2.24) is 4.90 Å². The van der Waals surface area contributed by atoms with Gasteiger partial charge in [0.2, 0.25) is 0 Å². The van der Waals surface area contributed by atoms with E-state index in [1.54, 1.807) is 41.9 Å². The van der Waals surface area contributed by atoms with Crippen LogP contribution >= 0.6 is 23.4 Å². The molecule has 2 N–H and O–H groups in total. The Labute approximate surface area is 111 Å². The number of nitrogen functional groups attached to an aromatic ring is 1. The number of thioether (sulfide) groups is 1. The van der Waals surface area contributed by atoms with E-state index >= 15 is 0 Å². The molecule has 0 aromatic heterocycles. The van der Waals surface area contributed by atoms with Gasteiger partial charge < -0.3 is 10.6 Å². The average Bonchev–Trinajstić information content (AvgIpc) is 2.27. The Morgan fingerprint density at radius 1 is 1.59 bits per heavy atom. The zero-order chi connectivity index (χ0) is 13.0. The summed E-state index contributed by atoms with van der Waals surface area (Å²) in [5.74, 6) is 0.752. The van der Waals surface area contributed by atoms with E-state index in [4.69, 9.17) is 17.3 Å². The first-order valence-electron chi connectivity index (χ1n) is 5.29. The van der Waals surface area contributed by atoms with E-state index in [0.29, 0.717) is 16.3 Å². The van der Waals surface area contributed by atoms with Crippen molar-refractivity contribution >= 4 is 35.0 Å². The SMILES string of the molecule is CSCC(C)N(C)C(=O)c1c(N)cccc1Cl. The number of halogens is 1. The molecule has 0 aliphatic heterocycles. The molecule has 17 heavy (non-hydrogen) atoms. The van der Waals surface area contributed by atoms with E-state index in [9.17, 15) is 4.79 Å². The van der Waals surface area contributed by atoms with Crippen LogP contribution in [0.1, 0.15) is 17.3 Å². The molecule has 1 aromatic rings. The summed E-state index contributed by atoms with van der Waals surface area (Å²) in [4.78, 5) is 13.9. The lowest BCUT2D eigenvalue weighted by molar-refractivity contribution is 0.0759. The largest absolute Gasteiger partial charge is 0.398 e. The molecule has 0 aliphatic carbocycles. The van der Waals surface area contributed by atoms with Gasteiger partial charge in [0.05, 0.1) is 10.6 Å². The minimum Gasteiger partial charge on any atom is -0.398 e. The van der Waals surface area contributed by atoms with E-state index in [0.717, 1.165) is 5.75 Å². The van der Waals surface area contributed by atoms with Crippen LogP contribution < -0.4 is 5.73 Å². The molecule has 1 atom stereocenters. The number of benzene rings is 1. The molecule has 3 nitrogen and oxygen atoms in total. The molecular weight excluding hydrogens is 256 g/mol. The summed E-state index contributed by atoms with van der Waals surface area (Å²) in [5, 5.41) is 0.401. The first-order valence-corrected chi connectivity index (χ1v) is 7.06. The Balaban J connectivity index is 2.96. The van der Waals surface area contributed by atoms with Gasteiger partial charge in [-0.3, -0.25) is 4.79 Å². The second-order valence-electron chi connectivity index (χ2n) is 3.92. The summed E-state index contributed by atoms with van der Waals surface area (Å²) in [6.45, 7) is 2.00. The number of hydrogen-bond acceptors (Lipinski definition) is 3. The Bertz CT molecular complexity index is 391. The molecule has 1 amide bonds. The molecule has 94 valence electrons. The third-order valence-corrected chi connectivity index (χ3v) is 3.78. The summed E-state index contributed by atoms with van der Waals surface area (Å²) in [6.07, 6.45) is 2.01. The van der Waals surface area contributed by atoms with Crippen molar-refractivity contribution in [3.63, 3.8) is 0 Å². The van der Waals surface area contributed by atoms with Gasteiger partial charge in [-0.15, -0.1) is 0 Å². The number of nitrogens with two attached hydrogens (primary N) is 1. The van der Waals surface area contributed by atoms with Crippen LogP contribution in [-0.2, 0) is 0 Å². The van der Waals surface area contributed by atoms with Crippen LogP contribution in [0.15, 0.2) is 18.2 Å². The van der Waals surface area contributed by atoms with Crippen molar-refractivity contribution in [3.05, 3.63) is 28.8 Å². The lowest BCUT2D eigenvalue weighted by Crippen LogP contribution is -2.37. The maximum absolute atomic E-state index is 12.3. The molecular formula is C12H17ClN2OS. The predicted octanol–water partition coefficient (Wildman–Crippen LogP) is 2.75. The van der Waals surface area contributed by atoms with Crippen molar-refractivity contribution in [2.75, 3.05) is 24.8 Å². The fourth-order valence-electron chi connectivity index (χ4n) is 1.50. The topological polar surface area (TPSA) is 46.3 Å². The van der Waals surface area contributed by atoms with Gasteiger partial charge in [0.25, 0.3) is 5.91 Å². The highest BCUT2D eigenvalue weighted by Gasteiger charge is 2.21. The number of carbonyl (C=O) groups excluding carboxylic acids is 1. The van der Waals surface area contributed by atoms with Crippen molar-refractivity contribution in [2.24, 2.45) is 0 Å². The van der Waals surface area contributed by atoms with Crippen LogP contribution in [0.2, 0.25) is 5.02 Å². The molecule has 1 aromatic carbocycles. The molecule has 0 heterocycles. The Morgan fingerprint density at radius 2 is 2.24 bits per heavy atom. The average molecular weight is 273 g/mol. The molecule has 1 unspecified atom stereocenters. The molecule has 0 radical (unpaired) electrons. The highest BCUT2D eigenvalue weighted by molar-refractivity contribution is 7.98. The van der Waals surface area contributed by atoms with Gasteiger partial charge in [-0.25, -0.2) is 0 Å². The van der Waals surface area contributed by atoms with Crippen LogP contribution in [0.5, 0.6) is 0 Å². The quantitative estimate of drug-likeness (QED) is 0.858. The van der Waals surface area contributed by atoms with E-state index in [1.165, 1.54) is 0 Å². The number of amides is 1. The van der Waals surface area contributed by atoms with E-state index < -0.39 is 0 Å². The second kappa shape index (κ2) is 6.17. The van der Waals surface area contributed by atoms with Crippen LogP contribution in [-0.4, -0.2) is 35.9 Å². The number of anilines is 1. The van der Waals surface area contributed by atoms with Crippen LogP contribution in [0.4, 0.5) is 5.69 Å². The van der Waals surface area contributed by atoms with Gasteiger partial charge in [0, 0.05) is 24.5 Å². The number of carbonyl (C=O) groups is 1. The van der Waals surface area contributed by atoms with Gasteiger partial charge in [-0.2, -0.15) is 11.8 Å². The molecule has 5 heteroatoms. The highest BCUT2D eigenvalue weighted by atomic mass is 35.5. The highest BCUT2D eigenvalue weighted by Crippen LogP contribution is 2.24. The first-order chi connectivity index (χ1) is 7.99. The van der Waals surface area contributed by atoms with Crippen LogP contribution in [0.3, 0.4) is 0 Å². The summed E-state index contributed by atoms with van der Waals surface area (Å²) in [7, 11) is 1.77. The number of hydrogen-bond donors (Lipinski definition) is 1. The maximum Gasteiger partial charge on any atom is 0.257 e. The molecule has 0 bridgehead atoms. The van der Waals surface area contributed by atoms with Crippen molar-refractivity contribution in [2.45, 2.75) is 13.0 Å². The lowest BCUT2D eigenvalue weighted by Gasteiger charge is -2.25. The van der Waals surface area contributed by atoms with E-state index in [1.807, 2.05) is 13.2 Å². The number of nitrogens with zero attached hydrogens (tertiary/aromatic N) is 1. The second-order valence-corrected chi connectivity index (χ2v) is 5.24. The van der Waals surface area contributed by atoms with Gasteiger partial charge >= 0.3 is 0 Å². The summed E-state index contributed by atoms with van der Waals surface area (Å²) >= 11 is 7.72. The van der Waals surface area contributed by atoms with Gasteiger partial charge in [0.15, 0.2) is 0 Å². The van der Waals surface area contributed by atoms with Crippen LogP contribution in [0.25, 0.3) is 0 Å². The maximum atomic E-state index is 12.3. The summed E-state index contributed by atoms with van der Waals surface area (Å²) < 4.78 is 0. The normalized spacial score (nSPS) is 12.2. The van der Waals surface area contributed by atoms with Crippen molar-refractivity contribution in [3.8, 4) is 0 Å². The zero-order valence-corrected chi connectivity index (χ0v) is 11.8. The van der Waals surface area contributed by atoms with Crippen molar-refractivity contribution in [1.29, 1.82) is 0 Å². The predicted molar refractivity (Wildman–Crippen MR) is 75.8 cm³/mol. The molecule has 0 aliphatic rings. The van der Waals surface area contributed by atoms with Gasteiger partial charge in [-0.1, -0.05) is 17.7 Å². The molecule has 0 spiro atoms. The number of rotatable bonds is 4. The zero-order valence-electron chi connectivity index (χ0n) is 10.2. The fraction of sp³-hybridized carbons (Fsp3) is 0.417. The standard InChI is InChI=1S/C12H17ClN2OS/c1-8(7-17-3)15(2)12(16)11-9(13)5-4-6-10(11)14/h4-6,8H,7,14H2,1-3H3. The van der Waals surface area contributed by atoms with E-state index in [2.05, 4.69) is 0 Å². The van der Waals surface area contributed by atoms with E-state index in [-0.39, 0.29) is 11.9 Å². The minimum absolute atomic E-state index is 0.130. The molecule has 0 saturated carbocycles. The third-order valence-electron chi connectivity index (χ3n) is 2.65. The lowest BCUT2D eigenvalue weighted by atomic mass is 10.1. The first kappa shape index (κ1) is 14.2. The third kappa shape index (κ3) is 3.30. The Kier molecular flexibility index (Phi) is 5.15. The Hall–Kier alpha value is -0.870. The summed E-state index contributed by atoms with van der Waals surface area (Å²) in [6, 6.07) is 5.25. The summed E-state index contributed by atoms with van der Waals surface area (Å²) in [5.41, 5.74) is 6.61. The van der Waals surface area contributed by atoms with Gasteiger partial charge in [-0.05, 0) is 25.3 Å². The fourth-order valence-corrected chi connectivity index (χ4v) is 2.46. The molecule has 0 fully saturated rings. The Morgan fingerprint density at radius 3 is 2.76 bits per heavy atom. The minimum atomic E-state index is -0.130. The van der Waals surface area contributed by atoms with Crippen LogP contribution in [0, 0.1) is 0 Å². The van der Waals surface area contributed by atoms with Gasteiger partial charge in [0.1, 0.15) is 0 Å².